The Hall–Kier alpha value is -1.79. The molecule has 0 aliphatic carbocycles. The molecule has 0 radical (unpaired) electrons. The van der Waals surface area contributed by atoms with Gasteiger partial charge in [0.25, 0.3) is 0 Å². The monoisotopic (exact) mass is 295 g/mol. The van der Waals surface area contributed by atoms with Gasteiger partial charge in [0.2, 0.25) is 0 Å². The van der Waals surface area contributed by atoms with Gasteiger partial charge in [-0.15, -0.1) is 0 Å². The van der Waals surface area contributed by atoms with E-state index in [-0.39, 0.29) is 6.04 Å². The largest absolute Gasteiger partial charge is 0.352 e. The first kappa shape index (κ1) is 14.6. The Bertz CT molecular complexity index is 597. The van der Waals surface area contributed by atoms with Crippen molar-refractivity contribution in [1.82, 2.24) is 15.3 Å². The van der Waals surface area contributed by atoms with Crippen molar-refractivity contribution < 1.29 is 4.79 Å². The average molecular weight is 296 g/mol. The summed E-state index contributed by atoms with van der Waals surface area (Å²) in [5.74, 6) is 0.755. The number of unbranched alkanes of at least 4 members (excludes halogenated alkanes) is 1. The molecule has 2 aromatic rings. The molecule has 2 amide bonds. The fourth-order valence-corrected chi connectivity index (χ4v) is 2.19. The van der Waals surface area contributed by atoms with Crippen LogP contribution < -0.4 is 16.8 Å². The third kappa shape index (κ3) is 3.85. The summed E-state index contributed by atoms with van der Waals surface area (Å²) in [6, 6.07) is 4.84. The number of carbonyl (C=O) groups is 1. The highest BCUT2D eigenvalue weighted by Gasteiger charge is 2.11. The number of nitrogens with one attached hydrogen (secondary N) is 2. The van der Waals surface area contributed by atoms with E-state index in [4.69, 9.17) is 23.1 Å². The highest BCUT2D eigenvalue weighted by molar-refractivity contribution is 6.31. The Labute approximate surface area is 121 Å². The molecule has 1 aromatic carbocycles. The van der Waals surface area contributed by atoms with E-state index in [1.54, 1.807) is 6.07 Å². The summed E-state index contributed by atoms with van der Waals surface area (Å²) >= 11 is 5.93. The fourth-order valence-electron chi connectivity index (χ4n) is 2.01. The summed E-state index contributed by atoms with van der Waals surface area (Å²) in [6.07, 6.45) is 2.51. The zero-order valence-electron chi connectivity index (χ0n) is 11.0. The van der Waals surface area contributed by atoms with Gasteiger partial charge in [-0.2, -0.15) is 0 Å². The molecule has 0 saturated carbocycles. The van der Waals surface area contributed by atoms with Crippen LogP contribution in [0.4, 0.5) is 4.79 Å². The molecule has 0 unspecified atom stereocenters. The topological polar surface area (TPSA) is 110 Å². The van der Waals surface area contributed by atoms with Crippen molar-refractivity contribution in [3.63, 3.8) is 0 Å². The summed E-state index contributed by atoms with van der Waals surface area (Å²) in [6.45, 7) is 0.567. The minimum Gasteiger partial charge on any atom is -0.352 e. The fraction of sp³-hybridized carbons (Fsp3) is 0.385. The standard InChI is InChI=1S/C13H18ClN5O/c14-8-4-5-10-11(7-8)19-12(18-10)9(15)3-1-2-6-17-13(16)20/h4-5,7,9H,1-3,6,15H2,(H,18,19)(H3,16,17,20)/t9-/m0/s1. The van der Waals surface area contributed by atoms with Gasteiger partial charge in [0.15, 0.2) is 0 Å². The van der Waals surface area contributed by atoms with Crippen molar-refractivity contribution in [2.24, 2.45) is 11.5 Å². The molecule has 6 nitrogen and oxygen atoms in total. The molecule has 1 atom stereocenters. The number of imidazole rings is 1. The molecule has 0 saturated heterocycles. The number of halogens is 1. The van der Waals surface area contributed by atoms with Crippen molar-refractivity contribution in [3.05, 3.63) is 29.0 Å². The van der Waals surface area contributed by atoms with Crippen LogP contribution in [-0.2, 0) is 0 Å². The van der Waals surface area contributed by atoms with E-state index in [9.17, 15) is 4.79 Å². The van der Waals surface area contributed by atoms with Crippen molar-refractivity contribution in [3.8, 4) is 0 Å². The molecule has 0 bridgehead atoms. The van der Waals surface area contributed by atoms with Gasteiger partial charge in [-0.05, 0) is 37.5 Å². The average Bonchev–Trinajstić information content (AvgIpc) is 2.80. The van der Waals surface area contributed by atoms with Crippen LogP contribution in [0.3, 0.4) is 0 Å². The molecule has 6 N–H and O–H groups in total. The maximum atomic E-state index is 10.5. The molecule has 0 fully saturated rings. The minimum atomic E-state index is -0.497. The molecular weight excluding hydrogens is 278 g/mol. The quantitative estimate of drug-likeness (QED) is 0.612. The predicted molar refractivity (Wildman–Crippen MR) is 79.5 cm³/mol. The van der Waals surface area contributed by atoms with E-state index >= 15 is 0 Å². The zero-order valence-corrected chi connectivity index (χ0v) is 11.8. The number of primary amides is 1. The number of hydrogen-bond acceptors (Lipinski definition) is 3. The number of amides is 2. The second-order valence-electron chi connectivity index (χ2n) is 4.68. The number of benzene rings is 1. The van der Waals surface area contributed by atoms with Gasteiger partial charge >= 0.3 is 6.03 Å². The second kappa shape index (κ2) is 6.58. The smallest absolute Gasteiger partial charge is 0.312 e. The number of aromatic nitrogens is 2. The Morgan fingerprint density at radius 1 is 1.45 bits per heavy atom. The molecule has 20 heavy (non-hydrogen) atoms. The van der Waals surface area contributed by atoms with Crippen LogP contribution in [0.25, 0.3) is 11.0 Å². The lowest BCUT2D eigenvalue weighted by molar-refractivity contribution is 0.248. The van der Waals surface area contributed by atoms with E-state index in [0.717, 1.165) is 36.1 Å². The van der Waals surface area contributed by atoms with Crippen LogP contribution in [0.5, 0.6) is 0 Å². The molecular formula is C13H18ClN5O. The van der Waals surface area contributed by atoms with Crippen molar-refractivity contribution in [2.75, 3.05) is 6.54 Å². The van der Waals surface area contributed by atoms with E-state index in [0.29, 0.717) is 11.6 Å². The van der Waals surface area contributed by atoms with Crippen molar-refractivity contribution in [1.29, 1.82) is 0 Å². The molecule has 7 heteroatoms. The van der Waals surface area contributed by atoms with Gasteiger partial charge in [-0.3, -0.25) is 0 Å². The first-order valence-corrected chi connectivity index (χ1v) is 6.88. The first-order chi connectivity index (χ1) is 9.56. The Morgan fingerprint density at radius 3 is 3.00 bits per heavy atom. The summed E-state index contributed by atoms with van der Waals surface area (Å²) in [4.78, 5) is 18.1. The van der Waals surface area contributed by atoms with Crippen molar-refractivity contribution >= 4 is 28.7 Å². The van der Waals surface area contributed by atoms with E-state index < -0.39 is 6.03 Å². The van der Waals surface area contributed by atoms with E-state index in [2.05, 4.69) is 15.3 Å². The number of nitrogens with zero attached hydrogens (tertiary/aromatic N) is 1. The molecule has 0 aliphatic rings. The Morgan fingerprint density at radius 2 is 2.25 bits per heavy atom. The predicted octanol–water partition coefficient (Wildman–Crippen LogP) is 2.05. The third-order valence-electron chi connectivity index (χ3n) is 3.05. The van der Waals surface area contributed by atoms with Crippen molar-refractivity contribution in [2.45, 2.75) is 25.3 Å². The number of carbonyl (C=O) groups excluding carboxylic acids is 1. The summed E-state index contributed by atoms with van der Waals surface area (Å²) in [5.41, 5.74) is 12.8. The summed E-state index contributed by atoms with van der Waals surface area (Å²) < 4.78 is 0. The number of rotatable bonds is 6. The van der Waals surface area contributed by atoms with Crippen LogP contribution in [0.15, 0.2) is 18.2 Å². The van der Waals surface area contributed by atoms with Gasteiger partial charge in [-0.1, -0.05) is 11.6 Å². The summed E-state index contributed by atoms with van der Waals surface area (Å²) in [7, 11) is 0. The van der Waals surface area contributed by atoms with Gasteiger partial charge in [-0.25, -0.2) is 9.78 Å². The molecule has 2 rings (SSSR count). The lowest BCUT2D eigenvalue weighted by Gasteiger charge is -2.08. The normalized spacial score (nSPS) is 12.5. The number of nitrogens with two attached hydrogens (primary N) is 2. The van der Waals surface area contributed by atoms with Crippen LogP contribution in [0, 0.1) is 0 Å². The molecule has 1 heterocycles. The minimum absolute atomic E-state index is 0.158. The lowest BCUT2D eigenvalue weighted by atomic mass is 10.1. The highest BCUT2D eigenvalue weighted by atomic mass is 35.5. The van der Waals surface area contributed by atoms with Crippen LogP contribution in [0.1, 0.15) is 31.1 Å². The number of fused-ring (bicyclic) bond motifs is 1. The Balaban J connectivity index is 1.87. The number of urea groups is 1. The van der Waals surface area contributed by atoms with Crippen LogP contribution in [0.2, 0.25) is 5.02 Å². The third-order valence-corrected chi connectivity index (χ3v) is 3.29. The molecule has 0 aliphatic heterocycles. The highest BCUT2D eigenvalue weighted by Crippen LogP contribution is 2.21. The number of aromatic amines is 1. The maximum absolute atomic E-state index is 10.5. The summed E-state index contributed by atoms with van der Waals surface area (Å²) in [5, 5.41) is 3.21. The van der Waals surface area contributed by atoms with Gasteiger partial charge in [0.05, 0.1) is 17.1 Å². The second-order valence-corrected chi connectivity index (χ2v) is 5.11. The van der Waals surface area contributed by atoms with E-state index in [1.165, 1.54) is 0 Å². The van der Waals surface area contributed by atoms with Gasteiger partial charge in [0.1, 0.15) is 5.82 Å². The SMILES string of the molecule is NC(=O)NCCCC[C@H](N)c1nc2ccc(Cl)cc2[nH]1. The van der Waals surface area contributed by atoms with Crippen LogP contribution >= 0.6 is 11.6 Å². The lowest BCUT2D eigenvalue weighted by Crippen LogP contribution is -2.30. The molecule has 1 aromatic heterocycles. The first-order valence-electron chi connectivity index (χ1n) is 6.50. The molecule has 0 spiro atoms. The number of hydrogen-bond donors (Lipinski definition) is 4. The maximum Gasteiger partial charge on any atom is 0.312 e. The van der Waals surface area contributed by atoms with E-state index in [1.807, 2.05) is 12.1 Å². The van der Waals surface area contributed by atoms with Gasteiger partial charge in [0, 0.05) is 11.6 Å². The zero-order chi connectivity index (χ0) is 14.5. The Kier molecular flexibility index (Phi) is 4.81. The number of H-pyrrole nitrogens is 1. The molecule has 108 valence electrons. The van der Waals surface area contributed by atoms with Crippen LogP contribution in [-0.4, -0.2) is 22.5 Å². The van der Waals surface area contributed by atoms with Gasteiger partial charge < -0.3 is 21.8 Å².